The molecule has 0 saturated carbocycles. The fourth-order valence-corrected chi connectivity index (χ4v) is 2.31. The molecule has 0 saturated heterocycles. The SMILES string of the molecule is Cn1cc(C(=O)O)c(-c2ccc(-c3ccccc3)cc2)n1. The molecule has 0 amide bonds. The van der Waals surface area contributed by atoms with E-state index in [4.69, 9.17) is 0 Å². The molecule has 0 aliphatic rings. The van der Waals surface area contributed by atoms with Crippen LogP contribution in [0.2, 0.25) is 0 Å². The largest absolute Gasteiger partial charge is 0.478 e. The standard InChI is InChI=1S/C17H14N2O2/c1-19-11-15(17(20)21)16(18-19)14-9-7-13(8-10-14)12-5-3-2-4-6-12/h2-11H,1H3,(H,20,21). The van der Waals surface area contributed by atoms with Crippen LogP contribution < -0.4 is 0 Å². The zero-order chi connectivity index (χ0) is 14.8. The Balaban J connectivity index is 2.00. The minimum absolute atomic E-state index is 0.213. The summed E-state index contributed by atoms with van der Waals surface area (Å²) >= 11 is 0. The van der Waals surface area contributed by atoms with Crippen molar-refractivity contribution in [2.45, 2.75) is 0 Å². The molecule has 0 atom stereocenters. The molecular formula is C17H14N2O2. The van der Waals surface area contributed by atoms with Gasteiger partial charge in [-0.2, -0.15) is 5.10 Å². The van der Waals surface area contributed by atoms with Gasteiger partial charge in [0.1, 0.15) is 11.3 Å². The minimum atomic E-state index is -0.967. The molecular weight excluding hydrogens is 264 g/mol. The van der Waals surface area contributed by atoms with Crippen LogP contribution in [0.15, 0.2) is 60.8 Å². The number of carboxylic acid groups (broad SMARTS) is 1. The van der Waals surface area contributed by atoms with E-state index >= 15 is 0 Å². The van der Waals surface area contributed by atoms with Crippen LogP contribution in [0.4, 0.5) is 0 Å². The molecule has 0 spiro atoms. The lowest BCUT2D eigenvalue weighted by molar-refractivity contribution is 0.0697. The van der Waals surface area contributed by atoms with Gasteiger partial charge in [-0.25, -0.2) is 4.79 Å². The van der Waals surface area contributed by atoms with Gasteiger partial charge in [0.25, 0.3) is 0 Å². The van der Waals surface area contributed by atoms with E-state index in [2.05, 4.69) is 5.10 Å². The van der Waals surface area contributed by atoms with Gasteiger partial charge in [-0.1, -0.05) is 54.6 Å². The maximum absolute atomic E-state index is 11.2. The van der Waals surface area contributed by atoms with Gasteiger partial charge in [0.15, 0.2) is 0 Å². The maximum atomic E-state index is 11.2. The molecule has 0 aliphatic carbocycles. The topological polar surface area (TPSA) is 55.1 Å². The number of nitrogens with zero attached hydrogens (tertiary/aromatic N) is 2. The molecule has 21 heavy (non-hydrogen) atoms. The highest BCUT2D eigenvalue weighted by atomic mass is 16.4. The molecule has 0 fully saturated rings. The summed E-state index contributed by atoms with van der Waals surface area (Å²) in [5.74, 6) is -0.967. The van der Waals surface area contributed by atoms with Crippen LogP contribution in [0.25, 0.3) is 22.4 Å². The number of rotatable bonds is 3. The molecule has 1 aromatic heterocycles. The number of carboxylic acids is 1. The number of aryl methyl sites for hydroxylation is 1. The van der Waals surface area contributed by atoms with E-state index in [1.807, 2.05) is 54.6 Å². The van der Waals surface area contributed by atoms with Crippen molar-refractivity contribution in [1.82, 2.24) is 9.78 Å². The number of aromatic nitrogens is 2. The van der Waals surface area contributed by atoms with E-state index in [-0.39, 0.29) is 5.56 Å². The van der Waals surface area contributed by atoms with Crippen molar-refractivity contribution in [2.75, 3.05) is 0 Å². The Hall–Kier alpha value is -2.88. The summed E-state index contributed by atoms with van der Waals surface area (Å²) in [7, 11) is 1.72. The highest BCUT2D eigenvalue weighted by Crippen LogP contribution is 2.26. The van der Waals surface area contributed by atoms with Crippen LogP contribution in [0, 0.1) is 0 Å². The molecule has 0 radical (unpaired) electrons. The summed E-state index contributed by atoms with van der Waals surface area (Å²) in [5, 5.41) is 13.5. The van der Waals surface area contributed by atoms with E-state index in [0.29, 0.717) is 5.69 Å². The number of hydrogen-bond acceptors (Lipinski definition) is 2. The molecule has 3 aromatic rings. The lowest BCUT2D eigenvalue weighted by Gasteiger charge is -2.03. The van der Waals surface area contributed by atoms with Crippen LogP contribution in [-0.4, -0.2) is 20.9 Å². The van der Waals surface area contributed by atoms with E-state index in [9.17, 15) is 9.90 Å². The normalized spacial score (nSPS) is 10.5. The van der Waals surface area contributed by atoms with Crippen molar-refractivity contribution in [3.8, 4) is 22.4 Å². The lowest BCUT2D eigenvalue weighted by Crippen LogP contribution is -1.96. The average Bonchev–Trinajstić information content (AvgIpc) is 2.91. The lowest BCUT2D eigenvalue weighted by atomic mass is 10.0. The summed E-state index contributed by atoms with van der Waals surface area (Å²) < 4.78 is 1.52. The second-order valence-corrected chi connectivity index (χ2v) is 4.81. The summed E-state index contributed by atoms with van der Waals surface area (Å²) in [6.07, 6.45) is 1.52. The second kappa shape index (κ2) is 5.25. The molecule has 4 heteroatoms. The van der Waals surface area contributed by atoms with E-state index in [1.165, 1.54) is 10.9 Å². The van der Waals surface area contributed by atoms with Gasteiger partial charge in [0, 0.05) is 18.8 Å². The highest BCUT2D eigenvalue weighted by Gasteiger charge is 2.15. The molecule has 1 N–H and O–H groups in total. The first-order valence-electron chi connectivity index (χ1n) is 6.58. The first-order valence-corrected chi connectivity index (χ1v) is 6.58. The molecule has 104 valence electrons. The third kappa shape index (κ3) is 2.56. The van der Waals surface area contributed by atoms with Crippen molar-refractivity contribution in [1.29, 1.82) is 0 Å². The quantitative estimate of drug-likeness (QED) is 0.798. The van der Waals surface area contributed by atoms with Gasteiger partial charge >= 0.3 is 5.97 Å². The third-order valence-electron chi connectivity index (χ3n) is 3.32. The predicted octanol–water partition coefficient (Wildman–Crippen LogP) is 3.45. The van der Waals surface area contributed by atoms with Gasteiger partial charge in [-0.3, -0.25) is 4.68 Å². The van der Waals surface area contributed by atoms with Crippen LogP contribution in [0.1, 0.15) is 10.4 Å². The number of hydrogen-bond donors (Lipinski definition) is 1. The fraction of sp³-hybridized carbons (Fsp3) is 0.0588. The smallest absolute Gasteiger partial charge is 0.339 e. The molecule has 3 rings (SSSR count). The van der Waals surface area contributed by atoms with Gasteiger partial charge in [-0.05, 0) is 11.1 Å². The molecule has 0 bridgehead atoms. The summed E-state index contributed by atoms with van der Waals surface area (Å²) in [4.78, 5) is 11.2. The fourth-order valence-electron chi connectivity index (χ4n) is 2.31. The Bertz CT molecular complexity index is 774. The Kier molecular flexibility index (Phi) is 3.28. The van der Waals surface area contributed by atoms with Gasteiger partial charge in [0.05, 0.1) is 0 Å². The minimum Gasteiger partial charge on any atom is -0.478 e. The van der Waals surface area contributed by atoms with Gasteiger partial charge < -0.3 is 5.11 Å². The van der Waals surface area contributed by atoms with Crippen molar-refractivity contribution in [3.05, 3.63) is 66.4 Å². The van der Waals surface area contributed by atoms with Crippen LogP contribution in [-0.2, 0) is 7.05 Å². The average molecular weight is 278 g/mol. The van der Waals surface area contributed by atoms with E-state index in [1.54, 1.807) is 7.05 Å². The van der Waals surface area contributed by atoms with Crippen molar-refractivity contribution < 1.29 is 9.90 Å². The number of aromatic carboxylic acids is 1. The van der Waals surface area contributed by atoms with Crippen molar-refractivity contribution in [3.63, 3.8) is 0 Å². The molecule has 2 aromatic carbocycles. The van der Waals surface area contributed by atoms with Crippen LogP contribution in [0.3, 0.4) is 0 Å². The number of carbonyl (C=O) groups is 1. The predicted molar refractivity (Wildman–Crippen MR) is 81.0 cm³/mol. The molecule has 1 heterocycles. The second-order valence-electron chi connectivity index (χ2n) is 4.81. The third-order valence-corrected chi connectivity index (χ3v) is 3.32. The molecule has 0 aliphatic heterocycles. The highest BCUT2D eigenvalue weighted by molar-refractivity contribution is 5.94. The molecule has 4 nitrogen and oxygen atoms in total. The van der Waals surface area contributed by atoms with E-state index < -0.39 is 5.97 Å². The first kappa shape index (κ1) is 13.1. The molecule has 0 unspecified atom stereocenters. The monoisotopic (exact) mass is 278 g/mol. The first-order chi connectivity index (χ1) is 10.1. The zero-order valence-corrected chi connectivity index (χ0v) is 11.5. The van der Waals surface area contributed by atoms with Crippen LogP contribution in [0.5, 0.6) is 0 Å². The van der Waals surface area contributed by atoms with Gasteiger partial charge in [0.2, 0.25) is 0 Å². The van der Waals surface area contributed by atoms with Crippen LogP contribution >= 0.6 is 0 Å². The Morgan fingerprint density at radius 3 is 2.14 bits per heavy atom. The zero-order valence-electron chi connectivity index (χ0n) is 11.5. The number of benzene rings is 2. The Morgan fingerprint density at radius 1 is 0.952 bits per heavy atom. The summed E-state index contributed by atoms with van der Waals surface area (Å²) in [5.41, 5.74) is 3.72. The van der Waals surface area contributed by atoms with Crippen molar-refractivity contribution in [2.24, 2.45) is 7.05 Å². The summed E-state index contributed by atoms with van der Waals surface area (Å²) in [6.45, 7) is 0. The maximum Gasteiger partial charge on any atom is 0.339 e. The Morgan fingerprint density at radius 2 is 1.52 bits per heavy atom. The van der Waals surface area contributed by atoms with Crippen molar-refractivity contribution >= 4 is 5.97 Å². The van der Waals surface area contributed by atoms with Gasteiger partial charge in [-0.15, -0.1) is 0 Å². The summed E-state index contributed by atoms with van der Waals surface area (Å²) in [6, 6.07) is 17.8. The van der Waals surface area contributed by atoms with E-state index in [0.717, 1.165) is 16.7 Å². The Labute approximate surface area is 122 Å².